The first-order valence-corrected chi connectivity index (χ1v) is 14.4. The van der Waals surface area contributed by atoms with Crippen molar-refractivity contribution in [2.45, 2.75) is 134 Å². The lowest BCUT2D eigenvalue weighted by Crippen LogP contribution is -2.62. The molecule has 216 valence electrons. The van der Waals surface area contributed by atoms with E-state index in [0.29, 0.717) is 12.0 Å². The van der Waals surface area contributed by atoms with Crippen LogP contribution in [0.1, 0.15) is 109 Å². The lowest BCUT2D eigenvalue weighted by molar-refractivity contribution is -0.355. The normalized spacial score (nSPS) is 27.1. The third-order valence-corrected chi connectivity index (χ3v) is 7.35. The summed E-state index contributed by atoms with van der Waals surface area (Å²) in [6.07, 6.45) is 9.27. The molecule has 2 unspecified atom stereocenters. The second kappa shape index (κ2) is 16.3. The third kappa shape index (κ3) is 9.38. The van der Waals surface area contributed by atoms with Crippen LogP contribution in [0.4, 0.5) is 0 Å². The zero-order valence-corrected chi connectivity index (χ0v) is 22.6. The summed E-state index contributed by atoms with van der Waals surface area (Å²) in [4.78, 5) is 12.6. The van der Waals surface area contributed by atoms with Gasteiger partial charge in [0.05, 0.1) is 6.61 Å². The first kappa shape index (κ1) is 30.6. The van der Waals surface area contributed by atoms with E-state index in [1.54, 1.807) is 0 Å². The van der Waals surface area contributed by atoms with Gasteiger partial charge in [0.2, 0.25) is 0 Å². The molecule has 2 heterocycles. The highest BCUT2D eigenvalue weighted by atomic mass is 16.7. The van der Waals surface area contributed by atoms with E-state index >= 15 is 0 Å². The van der Waals surface area contributed by atoms with Crippen LogP contribution in [0.3, 0.4) is 0 Å². The van der Waals surface area contributed by atoms with Gasteiger partial charge < -0.3 is 39.4 Å². The summed E-state index contributed by atoms with van der Waals surface area (Å²) in [6, 6.07) is 4.15. The van der Waals surface area contributed by atoms with Crippen molar-refractivity contribution in [2.75, 3.05) is 6.61 Å². The van der Waals surface area contributed by atoms with E-state index in [1.807, 2.05) is 0 Å². The van der Waals surface area contributed by atoms with E-state index in [1.165, 1.54) is 82.4 Å². The van der Waals surface area contributed by atoms with Crippen molar-refractivity contribution in [1.29, 1.82) is 0 Å². The van der Waals surface area contributed by atoms with Gasteiger partial charge in [-0.1, -0.05) is 90.0 Å². The number of hydrogen-bond acceptors (Lipinski definition) is 9. The molecule has 2 aliphatic heterocycles. The predicted molar refractivity (Wildman–Crippen MR) is 140 cm³/mol. The third-order valence-electron chi connectivity index (χ3n) is 7.35. The molecule has 0 bridgehead atoms. The molecular weight excluding hydrogens is 492 g/mol. The highest BCUT2D eigenvalue weighted by molar-refractivity contribution is 5.69. The summed E-state index contributed by atoms with van der Waals surface area (Å²) >= 11 is 0. The number of aromatic hydroxyl groups is 2. The van der Waals surface area contributed by atoms with Gasteiger partial charge in [0.1, 0.15) is 18.3 Å². The van der Waals surface area contributed by atoms with Gasteiger partial charge in [-0.05, 0) is 18.6 Å². The van der Waals surface area contributed by atoms with Crippen LogP contribution in [0.25, 0.3) is 0 Å². The maximum atomic E-state index is 12.6. The van der Waals surface area contributed by atoms with Gasteiger partial charge in [-0.3, -0.25) is 4.79 Å². The van der Waals surface area contributed by atoms with Crippen LogP contribution in [0.5, 0.6) is 11.5 Å². The summed E-state index contributed by atoms with van der Waals surface area (Å²) in [5.74, 6) is -1.06. The molecule has 3 rings (SSSR count). The van der Waals surface area contributed by atoms with Crippen LogP contribution in [-0.2, 0) is 23.7 Å². The molecule has 1 aromatic rings. The van der Waals surface area contributed by atoms with E-state index in [4.69, 9.17) is 18.9 Å². The number of phenolic OH excluding ortho intramolecular Hbond substituents is 2. The lowest BCUT2D eigenvalue weighted by atomic mass is 9.97. The zero-order chi connectivity index (χ0) is 27.3. The van der Waals surface area contributed by atoms with Gasteiger partial charge >= 0.3 is 5.97 Å². The highest BCUT2D eigenvalue weighted by Gasteiger charge is 2.51. The Labute approximate surface area is 226 Å². The summed E-state index contributed by atoms with van der Waals surface area (Å²) < 4.78 is 22.6. The van der Waals surface area contributed by atoms with E-state index in [2.05, 4.69) is 6.92 Å². The van der Waals surface area contributed by atoms with Gasteiger partial charge in [0.25, 0.3) is 0 Å². The van der Waals surface area contributed by atoms with Gasteiger partial charge in [0.15, 0.2) is 30.2 Å². The highest BCUT2D eigenvalue weighted by Crippen LogP contribution is 2.37. The largest absolute Gasteiger partial charge is 0.504 e. The number of hydrogen-bond donors (Lipinski definition) is 4. The molecule has 38 heavy (non-hydrogen) atoms. The lowest BCUT2D eigenvalue weighted by Gasteiger charge is -2.46. The number of unbranched alkanes of at least 4 members (excludes halogenated alkanes) is 12. The van der Waals surface area contributed by atoms with Crippen LogP contribution in [0.15, 0.2) is 18.2 Å². The van der Waals surface area contributed by atoms with Crippen molar-refractivity contribution in [3.8, 4) is 11.5 Å². The number of benzene rings is 1. The van der Waals surface area contributed by atoms with Crippen molar-refractivity contribution in [2.24, 2.45) is 0 Å². The number of carbonyl (C=O) groups excluding carboxylic acids is 1. The average molecular weight is 539 g/mol. The topological polar surface area (TPSA) is 135 Å². The zero-order valence-electron chi connectivity index (χ0n) is 22.6. The number of carbonyl (C=O) groups is 1. The molecule has 0 aliphatic carbocycles. The van der Waals surface area contributed by atoms with Crippen molar-refractivity contribution < 1.29 is 44.2 Å². The monoisotopic (exact) mass is 538 g/mol. The minimum Gasteiger partial charge on any atom is -0.504 e. The van der Waals surface area contributed by atoms with Crippen molar-refractivity contribution in [3.05, 3.63) is 23.8 Å². The molecule has 6 atom stereocenters. The molecule has 0 spiro atoms. The summed E-state index contributed by atoms with van der Waals surface area (Å²) in [5, 5.41) is 40.0. The summed E-state index contributed by atoms with van der Waals surface area (Å²) in [5.41, 5.74) is 0.441. The molecule has 0 radical (unpaired) electrons. The quantitative estimate of drug-likeness (QED) is 0.130. The fourth-order valence-electron chi connectivity index (χ4n) is 5.07. The van der Waals surface area contributed by atoms with Gasteiger partial charge in [-0.15, -0.1) is 0 Å². The Balaban J connectivity index is 1.36. The standard InChI is InChI=1S/C29H46O9/c1-2-3-4-5-6-7-8-9-10-11-12-13-14-15-24(32)37-27-25(33)28(34)36-23-19-35-29(38-26(23)27)20-16-17-21(30)22(31)18-20/h16-18,23,25-31,33-34H,2-15,19H2,1H3/t23-,25-,26-,27-,28?,29?/m1/s1. The fraction of sp³-hybridized carbons (Fsp3) is 0.759. The number of aliphatic hydroxyl groups is 2. The maximum Gasteiger partial charge on any atom is 0.306 e. The molecule has 9 heteroatoms. The molecule has 1 aromatic carbocycles. The smallest absolute Gasteiger partial charge is 0.306 e. The number of aliphatic hydroxyl groups excluding tert-OH is 2. The second-order valence-electron chi connectivity index (χ2n) is 10.5. The molecule has 0 amide bonds. The summed E-state index contributed by atoms with van der Waals surface area (Å²) in [7, 11) is 0. The van der Waals surface area contributed by atoms with Crippen LogP contribution in [0, 0.1) is 0 Å². The van der Waals surface area contributed by atoms with E-state index in [0.717, 1.165) is 12.8 Å². The van der Waals surface area contributed by atoms with Gasteiger partial charge in [-0.2, -0.15) is 0 Å². The van der Waals surface area contributed by atoms with E-state index in [-0.39, 0.29) is 24.5 Å². The van der Waals surface area contributed by atoms with Crippen LogP contribution in [-0.4, -0.2) is 63.7 Å². The number of esters is 1. The maximum absolute atomic E-state index is 12.6. The van der Waals surface area contributed by atoms with Crippen molar-refractivity contribution >= 4 is 5.97 Å². The Bertz CT molecular complexity index is 832. The Morgan fingerprint density at radius 2 is 1.47 bits per heavy atom. The van der Waals surface area contributed by atoms with Crippen LogP contribution in [0.2, 0.25) is 0 Å². The number of rotatable bonds is 16. The molecule has 4 N–H and O–H groups in total. The van der Waals surface area contributed by atoms with Crippen molar-refractivity contribution in [3.63, 3.8) is 0 Å². The Morgan fingerprint density at radius 3 is 2.08 bits per heavy atom. The SMILES string of the molecule is CCCCCCCCCCCCCCCC(=O)O[C@H]1[C@@H]2OC(c3ccc(O)c(O)c3)OC[C@H]2OC(O)[C@@H]1O. The Hall–Kier alpha value is -1.91. The van der Waals surface area contributed by atoms with Gasteiger partial charge in [0, 0.05) is 12.0 Å². The molecular formula is C29H46O9. The molecule has 2 aliphatic rings. The first-order chi connectivity index (χ1) is 18.4. The van der Waals surface area contributed by atoms with Crippen LogP contribution < -0.4 is 0 Å². The second-order valence-corrected chi connectivity index (χ2v) is 10.5. The number of phenols is 2. The van der Waals surface area contributed by atoms with E-state index < -0.39 is 43.0 Å². The Morgan fingerprint density at radius 1 is 0.868 bits per heavy atom. The molecule has 2 fully saturated rings. The first-order valence-electron chi connectivity index (χ1n) is 14.4. The Kier molecular flexibility index (Phi) is 13.1. The number of ether oxygens (including phenoxy) is 4. The average Bonchev–Trinajstić information content (AvgIpc) is 2.91. The molecule has 9 nitrogen and oxygen atoms in total. The van der Waals surface area contributed by atoms with Crippen LogP contribution >= 0.6 is 0 Å². The molecule has 0 aromatic heterocycles. The molecule has 2 saturated heterocycles. The van der Waals surface area contributed by atoms with Crippen molar-refractivity contribution in [1.82, 2.24) is 0 Å². The van der Waals surface area contributed by atoms with E-state index in [9.17, 15) is 25.2 Å². The minimum absolute atomic E-state index is 0.0215. The predicted octanol–water partition coefficient (Wildman–Crippen LogP) is 4.98. The van der Waals surface area contributed by atoms with Gasteiger partial charge in [-0.25, -0.2) is 0 Å². The fourth-order valence-corrected chi connectivity index (χ4v) is 5.07. The molecule has 0 saturated carbocycles. The minimum atomic E-state index is -1.54. The summed E-state index contributed by atoms with van der Waals surface area (Å²) in [6.45, 7) is 2.26. The number of fused-ring (bicyclic) bond motifs is 1.